The highest BCUT2D eigenvalue weighted by molar-refractivity contribution is 5.78. The minimum Gasteiger partial charge on any atom is -0.356 e. The Bertz CT molecular complexity index is 380. The zero-order chi connectivity index (χ0) is 12.1. The van der Waals surface area contributed by atoms with Crippen molar-refractivity contribution in [3.8, 4) is 0 Å². The van der Waals surface area contributed by atoms with Gasteiger partial charge < -0.3 is 5.32 Å². The van der Waals surface area contributed by atoms with Crippen molar-refractivity contribution >= 4 is 5.91 Å². The van der Waals surface area contributed by atoms with Gasteiger partial charge in [0.1, 0.15) is 0 Å². The predicted octanol–water partition coefficient (Wildman–Crippen LogP) is 2.84. The molecule has 2 heteroatoms. The molecule has 17 heavy (non-hydrogen) atoms. The van der Waals surface area contributed by atoms with Gasteiger partial charge in [-0.2, -0.15) is 0 Å². The van der Waals surface area contributed by atoms with Crippen LogP contribution in [0.4, 0.5) is 0 Å². The van der Waals surface area contributed by atoms with Crippen LogP contribution in [0.3, 0.4) is 0 Å². The van der Waals surface area contributed by atoms with Crippen LogP contribution in [0.2, 0.25) is 0 Å². The van der Waals surface area contributed by atoms with Crippen LogP contribution in [0.5, 0.6) is 0 Å². The maximum atomic E-state index is 11.8. The molecule has 2 rings (SSSR count). The van der Waals surface area contributed by atoms with Crippen molar-refractivity contribution < 1.29 is 4.79 Å². The molecular formula is C15H21NO. The van der Waals surface area contributed by atoms with E-state index in [1.807, 2.05) is 0 Å². The van der Waals surface area contributed by atoms with Crippen molar-refractivity contribution in [2.45, 2.75) is 39.0 Å². The van der Waals surface area contributed by atoms with Crippen LogP contribution in [-0.2, 0) is 11.2 Å². The van der Waals surface area contributed by atoms with Gasteiger partial charge >= 0.3 is 0 Å². The second kappa shape index (κ2) is 5.85. The molecule has 1 saturated carbocycles. The third-order valence-electron chi connectivity index (χ3n) is 3.52. The Morgan fingerprint density at radius 1 is 1.35 bits per heavy atom. The van der Waals surface area contributed by atoms with Crippen LogP contribution in [0, 0.1) is 12.8 Å². The highest BCUT2D eigenvalue weighted by Crippen LogP contribution is 2.24. The van der Waals surface area contributed by atoms with E-state index < -0.39 is 0 Å². The quantitative estimate of drug-likeness (QED) is 0.848. The first kappa shape index (κ1) is 12.2. The summed E-state index contributed by atoms with van der Waals surface area (Å²) in [5.41, 5.74) is 2.58. The number of hydrogen-bond acceptors (Lipinski definition) is 1. The molecule has 1 aromatic rings. The van der Waals surface area contributed by atoms with Crippen LogP contribution in [0.1, 0.15) is 36.8 Å². The molecule has 0 bridgehead atoms. The lowest BCUT2D eigenvalue weighted by Crippen LogP contribution is -2.30. The lowest BCUT2D eigenvalue weighted by atomic mass is 10.1. The summed E-state index contributed by atoms with van der Waals surface area (Å²) in [7, 11) is 0. The zero-order valence-corrected chi connectivity index (χ0v) is 10.5. The Hall–Kier alpha value is -1.31. The van der Waals surface area contributed by atoms with Gasteiger partial charge in [-0.05, 0) is 31.7 Å². The van der Waals surface area contributed by atoms with E-state index in [1.165, 1.54) is 24.0 Å². The topological polar surface area (TPSA) is 29.1 Å². The van der Waals surface area contributed by atoms with E-state index in [0.29, 0.717) is 0 Å². The number of benzene rings is 1. The second-order valence-corrected chi connectivity index (χ2v) is 5.01. The number of aryl methyl sites for hydroxylation is 1. The summed E-state index contributed by atoms with van der Waals surface area (Å²) in [5.74, 6) is 0.544. The van der Waals surface area contributed by atoms with Crippen LogP contribution >= 0.6 is 0 Å². The molecule has 92 valence electrons. The summed E-state index contributed by atoms with van der Waals surface area (Å²) < 4.78 is 0. The van der Waals surface area contributed by atoms with Crippen molar-refractivity contribution in [3.05, 3.63) is 35.4 Å². The normalized spacial score (nSPS) is 16.1. The predicted molar refractivity (Wildman–Crippen MR) is 69.9 cm³/mol. The fourth-order valence-corrected chi connectivity index (χ4v) is 2.53. The smallest absolute Gasteiger partial charge is 0.223 e. The molecular weight excluding hydrogens is 210 g/mol. The first-order valence-electron chi connectivity index (χ1n) is 6.59. The van der Waals surface area contributed by atoms with E-state index in [4.69, 9.17) is 0 Å². The molecule has 1 aliphatic carbocycles. The van der Waals surface area contributed by atoms with Crippen LogP contribution in [0.15, 0.2) is 24.3 Å². The number of nitrogens with one attached hydrogen (secondary N) is 1. The van der Waals surface area contributed by atoms with Gasteiger partial charge in [-0.3, -0.25) is 4.79 Å². The van der Waals surface area contributed by atoms with Gasteiger partial charge in [0.25, 0.3) is 0 Å². The molecule has 2 nitrogen and oxygen atoms in total. The maximum absolute atomic E-state index is 11.8. The first-order chi connectivity index (χ1) is 8.25. The summed E-state index contributed by atoms with van der Waals surface area (Å²) >= 11 is 0. The zero-order valence-electron chi connectivity index (χ0n) is 10.5. The highest BCUT2D eigenvalue weighted by atomic mass is 16.1. The van der Waals surface area contributed by atoms with Crippen LogP contribution < -0.4 is 5.32 Å². The average molecular weight is 231 g/mol. The Balaban J connectivity index is 1.73. The Kier molecular flexibility index (Phi) is 4.18. The van der Waals surface area contributed by atoms with E-state index in [2.05, 4.69) is 36.5 Å². The van der Waals surface area contributed by atoms with E-state index in [0.717, 1.165) is 25.8 Å². The fraction of sp³-hybridized carbons (Fsp3) is 0.533. The van der Waals surface area contributed by atoms with Gasteiger partial charge in [0, 0.05) is 12.5 Å². The fourth-order valence-electron chi connectivity index (χ4n) is 2.53. The maximum Gasteiger partial charge on any atom is 0.223 e. The minimum absolute atomic E-state index is 0.259. The molecule has 1 amide bonds. The Morgan fingerprint density at radius 2 is 2.12 bits per heavy atom. The highest BCUT2D eigenvalue weighted by Gasteiger charge is 2.21. The molecule has 1 fully saturated rings. The Labute approximate surface area is 103 Å². The lowest BCUT2D eigenvalue weighted by Gasteiger charge is -2.10. The van der Waals surface area contributed by atoms with Crippen LogP contribution in [-0.4, -0.2) is 12.5 Å². The summed E-state index contributed by atoms with van der Waals surface area (Å²) in [4.78, 5) is 11.8. The van der Waals surface area contributed by atoms with Gasteiger partial charge in [0.15, 0.2) is 0 Å². The summed E-state index contributed by atoms with van der Waals surface area (Å²) in [6, 6.07) is 8.47. The number of carbonyl (C=O) groups is 1. The van der Waals surface area contributed by atoms with E-state index in [1.54, 1.807) is 0 Å². The van der Waals surface area contributed by atoms with Gasteiger partial charge in [0.05, 0.1) is 0 Å². The number of rotatable bonds is 4. The van der Waals surface area contributed by atoms with Crippen molar-refractivity contribution in [2.24, 2.45) is 5.92 Å². The summed E-state index contributed by atoms with van der Waals surface area (Å²) in [6.45, 7) is 2.86. The van der Waals surface area contributed by atoms with E-state index in [9.17, 15) is 4.79 Å². The molecule has 0 aliphatic heterocycles. The monoisotopic (exact) mass is 231 g/mol. The molecule has 0 heterocycles. The molecule has 0 aromatic heterocycles. The molecule has 1 N–H and O–H groups in total. The number of amides is 1. The standard InChI is InChI=1S/C15H21NO/c1-12-5-4-6-13(11-12)9-10-16-15(17)14-7-2-3-8-14/h4-6,11,14H,2-3,7-10H2,1H3,(H,16,17). The van der Waals surface area contributed by atoms with E-state index in [-0.39, 0.29) is 11.8 Å². The molecule has 0 atom stereocenters. The van der Waals surface area contributed by atoms with Crippen molar-refractivity contribution in [2.75, 3.05) is 6.54 Å². The van der Waals surface area contributed by atoms with Gasteiger partial charge in [-0.1, -0.05) is 42.7 Å². The molecule has 1 aromatic carbocycles. The largest absolute Gasteiger partial charge is 0.356 e. The molecule has 0 unspecified atom stereocenters. The van der Waals surface area contributed by atoms with Crippen molar-refractivity contribution in [3.63, 3.8) is 0 Å². The minimum atomic E-state index is 0.259. The van der Waals surface area contributed by atoms with Gasteiger partial charge in [0.2, 0.25) is 5.91 Å². The van der Waals surface area contributed by atoms with Gasteiger partial charge in [-0.25, -0.2) is 0 Å². The SMILES string of the molecule is Cc1cccc(CCNC(=O)C2CCCC2)c1. The lowest BCUT2D eigenvalue weighted by molar-refractivity contribution is -0.124. The summed E-state index contributed by atoms with van der Waals surface area (Å²) in [5, 5.41) is 3.05. The van der Waals surface area contributed by atoms with Crippen molar-refractivity contribution in [1.82, 2.24) is 5.32 Å². The third kappa shape index (κ3) is 3.58. The first-order valence-corrected chi connectivity index (χ1v) is 6.59. The average Bonchev–Trinajstić information content (AvgIpc) is 2.82. The number of hydrogen-bond donors (Lipinski definition) is 1. The summed E-state index contributed by atoms with van der Waals surface area (Å²) in [6.07, 6.45) is 5.53. The van der Waals surface area contributed by atoms with Crippen molar-refractivity contribution in [1.29, 1.82) is 0 Å². The molecule has 1 aliphatic rings. The Morgan fingerprint density at radius 3 is 2.82 bits per heavy atom. The molecule has 0 radical (unpaired) electrons. The molecule has 0 saturated heterocycles. The van der Waals surface area contributed by atoms with Crippen LogP contribution in [0.25, 0.3) is 0 Å². The second-order valence-electron chi connectivity index (χ2n) is 5.01. The third-order valence-corrected chi connectivity index (χ3v) is 3.52. The molecule has 0 spiro atoms. The van der Waals surface area contributed by atoms with Gasteiger partial charge in [-0.15, -0.1) is 0 Å². The van der Waals surface area contributed by atoms with E-state index >= 15 is 0 Å². The number of carbonyl (C=O) groups excluding carboxylic acids is 1.